The Morgan fingerprint density at radius 2 is 1.92 bits per heavy atom. The first-order valence-electron chi connectivity index (χ1n) is 8.18. The summed E-state index contributed by atoms with van der Waals surface area (Å²) in [5.41, 5.74) is 1.18. The van der Waals surface area contributed by atoms with E-state index in [1.807, 2.05) is 0 Å². The van der Waals surface area contributed by atoms with Gasteiger partial charge in [-0.3, -0.25) is 9.71 Å². The minimum Gasteiger partial charge on any atom is -0.367 e. The van der Waals surface area contributed by atoms with E-state index in [2.05, 4.69) is 49.7 Å². The Bertz CT molecular complexity index is 899. The fourth-order valence-electron chi connectivity index (χ4n) is 3.05. The summed E-state index contributed by atoms with van der Waals surface area (Å²) in [6.07, 6.45) is 3.15. The van der Waals surface area contributed by atoms with Crippen LogP contribution in [0.25, 0.3) is 0 Å². The minimum atomic E-state index is -3.90. The maximum Gasteiger partial charge on any atom is 0.262 e. The predicted octanol–water partition coefficient (Wildman–Crippen LogP) is 2.97. The molecule has 0 amide bonds. The number of nitrogens with one attached hydrogen (secondary N) is 2. The molecule has 1 fully saturated rings. The zero-order valence-electron chi connectivity index (χ0n) is 14.4. The van der Waals surface area contributed by atoms with Gasteiger partial charge in [-0.1, -0.05) is 0 Å². The van der Waals surface area contributed by atoms with Crippen LogP contribution in [-0.2, 0) is 10.0 Å². The summed E-state index contributed by atoms with van der Waals surface area (Å²) in [6, 6.07) is 6.07. The molecule has 3 rings (SSSR count). The van der Waals surface area contributed by atoms with Gasteiger partial charge in [0.2, 0.25) is 0 Å². The molecule has 0 bridgehead atoms. The van der Waals surface area contributed by atoms with E-state index in [4.69, 9.17) is 0 Å². The Balaban J connectivity index is 1.83. The number of nitrogens with zero attached hydrogens (tertiary/aromatic N) is 2. The van der Waals surface area contributed by atoms with Crippen molar-refractivity contribution in [2.45, 2.75) is 30.8 Å². The molecule has 2 aromatic rings. The van der Waals surface area contributed by atoms with Gasteiger partial charge in [0.15, 0.2) is 0 Å². The van der Waals surface area contributed by atoms with Gasteiger partial charge in [0.1, 0.15) is 5.82 Å². The average Bonchev–Trinajstić information content (AvgIpc) is 2.56. The molecule has 0 spiro atoms. The molecule has 2 N–H and O–H groups in total. The van der Waals surface area contributed by atoms with Crippen molar-refractivity contribution in [3.8, 4) is 0 Å². The Kier molecular flexibility index (Phi) is 5.50. The maximum absolute atomic E-state index is 13.7. The van der Waals surface area contributed by atoms with Crippen LogP contribution in [0, 0.1) is 5.82 Å². The molecule has 140 valence electrons. The highest BCUT2D eigenvalue weighted by Gasteiger charge is 2.22. The number of benzene rings is 1. The molecule has 9 heteroatoms. The SMILES string of the molecule is C[C@@H]1CN(c2cncc(NS(=O)(=O)c3ccc(Br)c(F)c3)c2)C[C@H](C)N1. The fourth-order valence-corrected chi connectivity index (χ4v) is 4.34. The van der Waals surface area contributed by atoms with Crippen LogP contribution >= 0.6 is 15.9 Å². The Hall–Kier alpha value is -1.71. The Labute approximate surface area is 161 Å². The minimum absolute atomic E-state index is 0.145. The summed E-state index contributed by atoms with van der Waals surface area (Å²) in [5, 5.41) is 3.45. The average molecular weight is 443 g/mol. The third kappa shape index (κ3) is 4.33. The first-order chi connectivity index (χ1) is 12.2. The van der Waals surface area contributed by atoms with Crippen molar-refractivity contribution in [2.75, 3.05) is 22.7 Å². The van der Waals surface area contributed by atoms with Gasteiger partial charge >= 0.3 is 0 Å². The highest BCUT2D eigenvalue weighted by Crippen LogP contribution is 2.24. The molecule has 0 radical (unpaired) electrons. The number of hydrogen-bond donors (Lipinski definition) is 2. The van der Waals surface area contributed by atoms with Crippen molar-refractivity contribution in [1.29, 1.82) is 0 Å². The molecule has 2 atom stereocenters. The van der Waals surface area contributed by atoms with E-state index in [-0.39, 0.29) is 9.37 Å². The standard InChI is InChI=1S/C17H20BrFN4O2S/c1-11-9-23(10-12(2)21-11)14-5-13(7-20-8-14)22-26(24,25)15-3-4-16(18)17(19)6-15/h3-8,11-12,21-22H,9-10H2,1-2H3/t11-,12+. The number of anilines is 2. The van der Waals surface area contributed by atoms with E-state index < -0.39 is 15.8 Å². The van der Waals surface area contributed by atoms with Crippen molar-refractivity contribution >= 4 is 37.3 Å². The number of piperazine rings is 1. The summed E-state index contributed by atoms with van der Waals surface area (Å²) in [7, 11) is -3.90. The van der Waals surface area contributed by atoms with Crippen molar-refractivity contribution in [1.82, 2.24) is 10.3 Å². The highest BCUT2D eigenvalue weighted by atomic mass is 79.9. The molecule has 0 unspecified atom stereocenters. The number of pyridine rings is 1. The van der Waals surface area contributed by atoms with E-state index in [0.29, 0.717) is 17.8 Å². The largest absolute Gasteiger partial charge is 0.367 e. The molecule has 1 aliphatic rings. The zero-order chi connectivity index (χ0) is 18.9. The van der Waals surface area contributed by atoms with Crippen molar-refractivity contribution in [3.63, 3.8) is 0 Å². The van der Waals surface area contributed by atoms with Gasteiger partial charge in [0.05, 0.1) is 33.1 Å². The van der Waals surface area contributed by atoms with Gasteiger partial charge in [-0.25, -0.2) is 12.8 Å². The molecule has 26 heavy (non-hydrogen) atoms. The molecule has 1 aromatic carbocycles. The van der Waals surface area contributed by atoms with Crippen LogP contribution in [0.4, 0.5) is 15.8 Å². The fraction of sp³-hybridized carbons (Fsp3) is 0.353. The first kappa shape index (κ1) is 19.1. The molecule has 0 aliphatic carbocycles. The lowest BCUT2D eigenvalue weighted by Crippen LogP contribution is -2.54. The van der Waals surface area contributed by atoms with Gasteiger partial charge < -0.3 is 10.2 Å². The van der Waals surface area contributed by atoms with E-state index >= 15 is 0 Å². The van der Waals surface area contributed by atoms with Crippen LogP contribution < -0.4 is 14.9 Å². The first-order valence-corrected chi connectivity index (χ1v) is 10.5. The molecular weight excluding hydrogens is 423 g/mol. The quantitative estimate of drug-likeness (QED) is 0.760. The Morgan fingerprint density at radius 3 is 2.58 bits per heavy atom. The molecule has 1 aliphatic heterocycles. The lowest BCUT2D eigenvalue weighted by Gasteiger charge is -2.37. The zero-order valence-corrected chi connectivity index (χ0v) is 16.8. The molecule has 0 saturated carbocycles. The van der Waals surface area contributed by atoms with Gasteiger partial charge in [-0.05, 0) is 54.0 Å². The number of halogens is 2. The highest BCUT2D eigenvalue weighted by molar-refractivity contribution is 9.10. The van der Waals surface area contributed by atoms with Crippen LogP contribution in [0.1, 0.15) is 13.8 Å². The summed E-state index contributed by atoms with van der Waals surface area (Å²) < 4.78 is 41.4. The van der Waals surface area contributed by atoms with Crippen molar-refractivity contribution in [2.24, 2.45) is 0 Å². The van der Waals surface area contributed by atoms with Gasteiger partial charge in [-0.2, -0.15) is 0 Å². The van der Waals surface area contributed by atoms with E-state index in [1.165, 1.54) is 18.3 Å². The summed E-state index contributed by atoms with van der Waals surface area (Å²) in [5.74, 6) is -0.636. The maximum atomic E-state index is 13.7. The smallest absolute Gasteiger partial charge is 0.262 e. The number of sulfonamides is 1. The van der Waals surface area contributed by atoms with Crippen LogP contribution in [0.15, 0.2) is 46.0 Å². The normalized spacial score (nSPS) is 20.8. The Morgan fingerprint density at radius 1 is 1.23 bits per heavy atom. The molecule has 1 aromatic heterocycles. The van der Waals surface area contributed by atoms with Crippen LogP contribution in [0.5, 0.6) is 0 Å². The topological polar surface area (TPSA) is 74.3 Å². The van der Waals surface area contributed by atoms with E-state index in [0.717, 1.165) is 24.8 Å². The second kappa shape index (κ2) is 7.50. The van der Waals surface area contributed by atoms with Gasteiger partial charge in [0.25, 0.3) is 10.0 Å². The lowest BCUT2D eigenvalue weighted by molar-refractivity contribution is 0.407. The van der Waals surface area contributed by atoms with E-state index in [9.17, 15) is 12.8 Å². The number of hydrogen-bond acceptors (Lipinski definition) is 5. The van der Waals surface area contributed by atoms with Crippen molar-refractivity contribution < 1.29 is 12.8 Å². The summed E-state index contributed by atoms with van der Waals surface area (Å²) >= 11 is 3.02. The number of rotatable bonds is 4. The monoisotopic (exact) mass is 442 g/mol. The van der Waals surface area contributed by atoms with Crippen molar-refractivity contribution in [3.05, 3.63) is 46.9 Å². The van der Waals surface area contributed by atoms with Gasteiger partial charge in [-0.15, -0.1) is 0 Å². The summed E-state index contributed by atoms with van der Waals surface area (Å²) in [4.78, 5) is 6.17. The van der Waals surface area contributed by atoms with Crippen LogP contribution in [0.3, 0.4) is 0 Å². The molecule has 2 heterocycles. The molecule has 1 saturated heterocycles. The second-order valence-corrected chi connectivity index (χ2v) is 9.02. The summed E-state index contributed by atoms with van der Waals surface area (Å²) in [6.45, 7) is 5.82. The van der Waals surface area contributed by atoms with Crippen LogP contribution in [0.2, 0.25) is 0 Å². The molecular formula is C17H20BrFN4O2S. The third-order valence-electron chi connectivity index (χ3n) is 4.10. The predicted molar refractivity (Wildman–Crippen MR) is 103 cm³/mol. The lowest BCUT2D eigenvalue weighted by atomic mass is 10.1. The van der Waals surface area contributed by atoms with Crippen LogP contribution in [-0.4, -0.2) is 38.6 Å². The number of aromatic nitrogens is 1. The third-order valence-corrected chi connectivity index (χ3v) is 6.12. The van der Waals surface area contributed by atoms with E-state index in [1.54, 1.807) is 12.3 Å². The second-order valence-electron chi connectivity index (χ2n) is 6.49. The van der Waals surface area contributed by atoms with Gasteiger partial charge in [0, 0.05) is 25.2 Å². The molecule has 6 nitrogen and oxygen atoms in total.